The van der Waals surface area contributed by atoms with E-state index in [1.165, 1.54) is 16.7 Å². The zero-order valence-corrected chi connectivity index (χ0v) is 22.8. The molecule has 1 aliphatic heterocycles. The van der Waals surface area contributed by atoms with Crippen molar-refractivity contribution in [3.05, 3.63) is 88.2 Å². The lowest BCUT2D eigenvalue weighted by molar-refractivity contribution is -0.119. The van der Waals surface area contributed by atoms with Crippen molar-refractivity contribution in [1.29, 1.82) is 5.26 Å². The number of nitriles is 1. The number of hydrogen-bond donors (Lipinski definition) is 1. The molecular formula is C34H34N2O3. The highest BCUT2D eigenvalue weighted by Gasteiger charge is 2.63. The Bertz CT molecular complexity index is 1480. The zero-order chi connectivity index (χ0) is 27.4. The van der Waals surface area contributed by atoms with Gasteiger partial charge in [0, 0.05) is 55.4 Å². The third-order valence-electron chi connectivity index (χ3n) is 9.63. The fourth-order valence-electron chi connectivity index (χ4n) is 7.32. The Labute approximate surface area is 230 Å². The smallest absolute Gasteiger partial charge is 0.137 e. The van der Waals surface area contributed by atoms with Crippen molar-refractivity contribution in [2.24, 2.45) is 11.3 Å². The van der Waals surface area contributed by atoms with Crippen molar-refractivity contribution in [2.75, 3.05) is 19.0 Å². The van der Waals surface area contributed by atoms with Crippen molar-refractivity contribution in [1.82, 2.24) is 0 Å². The number of anilines is 1. The van der Waals surface area contributed by atoms with Gasteiger partial charge in [0.15, 0.2) is 0 Å². The number of carbonyl (C=O) groups is 1. The molecule has 6 rings (SSSR count). The van der Waals surface area contributed by atoms with E-state index < -0.39 is 11.0 Å². The van der Waals surface area contributed by atoms with Crippen LogP contribution in [0.1, 0.15) is 68.1 Å². The maximum absolute atomic E-state index is 12.3. The summed E-state index contributed by atoms with van der Waals surface area (Å²) in [6.07, 6.45) is 5.65. The summed E-state index contributed by atoms with van der Waals surface area (Å²) in [7, 11) is 4.08. The Hall–Kier alpha value is -3.80. The molecule has 0 unspecified atom stereocenters. The van der Waals surface area contributed by atoms with Gasteiger partial charge in [-0.05, 0) is 84.4 Å². The number of carbonyl (C=O) groups excluding carboxylic acids is 1. The minimum Gasteiger partial charge on any atom is -0.493 e. The van der Waals surface area contributed by atoms with Gasteiger partial charge in [-0.3, -0.25) is 4.79 Å². The van der Waals surface area contributed by atoms with Gasteiger partial charge in [-0.1, -0.05) is 30.9 Å². The number of nitrogens with zero attached hydrogens (tertiary/aromatic N) is 2. The van der Waals surface area contributed by atoms with Crippen molar-refractivity contribution in [2.45, 2.75) is 63.1 Å². The predicted octanol–water partition coefficient (Wildman–Crippen LogP) is 5.64. The maximum atomic E-state index is 12.3. The summed E-state index contributed by atoms with van der Waals surface area (Å²) in [5.41, 5.74) is 5.72. The van der Waals surface area contributed by atoms with Crippen LogP contribution in [0.2, 0.25) is 0 Å². The lowest BCUT2D eigenvalue weighted by Crippen LogP contribution is -2.53. The van der Waals surface area contributed by atoms with Crippen LogP contribution in [0.3, 0.4) is 0 Å². The second-order valence-corrected chi connectivity index (χ2v) is 12.0. The van der Waals surface area contributed by atoms with Gasteiger partial charge in [0.05, 0.1) is 17.9 Å². The molecule has 0 radical (unpaired) electrons. The molecule has 5 nitrogen and oxygen atoms in total. The fourth-order valence-corrected chi connectivity index (χ4v) is 7.32. The fraction of sp³-hybridized carbons (Fsp3) is 0.412. The third-order valence-corrected chi connectivity index (χ3v) is 9.63. The first-order valence-corrected chi connectivity index (χ1v) is 13.8. The molecule has 3 saturated carbocycles. The maximum Gasteiger partial charge on any atom is 0.137 e. The molecular weight excluding hydrogens is 484 g/mol. The largest absolute Gasteiger partial charge is 0.493 e. The summed E-state index contributed by atoms with van der Waals surface area (Å²) in [5.74, 6) is 6.97. The highest BCUT2D eigenvalue weighted by molar-refractivity contribution is 5.84. The SMILES string of the molecule is CN(C)c1ccc([C@H]2C[C@@]3(C)[C@@H](CC[C@@]3(O)C#Cc3ccc(C#N)cc3)[C@@H]3OC=C4CC(=O)CCC4=C32)cc1. The van der Waals surface area contributed by atoms with E-state index in [0.717, 1.165) is 36.1 Å². The van der Waals surface area contributed by atoms with Crippen LogP contribution in [0.15, 0.2) is 71.5 Å². The molecule has 39 heavy (non-hydrogen) atoms. The van der Waals surface area contributed by atoms with E-state index in [-0.39, 0.29) is 23.7 Å². The van der Waals surface area contributed by atoms with Gasteiger partial charge < -0.3 is 14.7 Å². The standard InChI is InChI=1S/C34H34N2O3/c1-33-19-29(24-8-10-26(11-9-24)36(2)3)31-28-13-12-27(37)18-25(28)21-39-32(31)30(33)15-17-34(33,38)16-14-22-4-6-23(20-35)7-5-22/h4-11,21,29-30,32,38H,12-13,15,17-19H2,1-3H3/t29-,30+,32+,33+,34+/m1/s1. The van der Waals surface area contributed by atoms with Gasteiger partial charge in [-0.2, -0.15) is 5.26 Å². The molecule has 1 heterocycles. The first-order chi connectivity index (χ1) is 18.7. The second kappa shape index (κ2) is 9.44. The molecule has 1 N–H and O–H groups in total. The number of hydrogen-bond acceptors (Lipinski definition) is 5. The van der Waals surface area contributed by atoms with Crippen molar-refractivity contribution in [3.63, 3.8) is 0 Å². The van der Waals surface area contributed by atoms with E-state index in [1.807, 2.05) is 32.5 Å². The summed E-state index contributed by atoms with van der Waals surface area (Å²) in [4.78, 5) is 14.4. The molecule has 0 amide bonds. The van der Waals surface area contributed by atoms with Gasteiger partial charge in [0.25, 0.3) is 0 Å². The average molecular weight is 519 g/mol. The molecule has 198 valence electrons. The number of ether oxygens (including phenoxy) is 1. The van der Waals surface area contributed by atoms with Crippen LogP contribution in [-0.4, -0.2) is 36.7 Å². The number of Topliss-reactive ketones (excluding diaryl/α,β-unsaturated/α-hetero) is 1. The van der Waals surface area contributed by atoms with Crippen LogP contribution in [0.4, 0.5) is 5.69 Å². The lowest BCUT2D eigenvalue weighted by atomic mass is 9.55. The monoisotopic (exact) mass is 518 g/mol. The van der Waals surface area contributed by atoms with Crippen molar-refractivity contribution in [3.8, 4) is 17.9 Å². The molecule has 2 aromatic rings. The minimum absolute atomic E-state index is 0.0701. The predicted molar refractivity (Wildman–Crippen MR) is 151 cm³/mol. The Kier molecular flexibility index (Phi) is 6.17. The third kappa shape index (κ3) is 4.17. The van der Waals surface area contributed by atoms with Gasteiger partial charge >= 0.3 is 0 Å². The molecule has 5 atom stereocenters. The molecule has 3 aliphatic carbocycles. The Morgan fingerprint density at radius 1 is 1.05 bits per heavy atom. The van der Waals surface area contributed by atoms with Crippen LogP contribution in [0, 0.1) is 34.5 Å². The van der Waals surface area contributed by atoms with Crippen LogP contribution < -0.4 is 4.90 Å². The first kappa shape index (κ1) is 25.5. The lowest BCUT2D eigenvalue weighted by Gasteiger charge is -2.52. The van der Waals surface area contributed by atoms with E-state index in [4.69, 9.17) is 10.00 Å². The highest BCUT2D eigenvalue weighted by Crippen LogP contribution is 2.64. The summed E-state index contributed by atoms with van der Waals surface area (Å²) >= 11 is 0. The molecule has 2 aromatic carbocycles. The number of allylic oxidation sites excluding steroid dienone is 2. The van der Waals surface area contributed by atoms with Crippen LogP contribution in [0.25, 0.3) is 0 Å². The van der Waals surface area contributed by atoms with Gasteiger partial charge in [0.1, 0.15) is 17.5 Å². The van der Waals surface area contributed by atoms with E-state index in [2.05, 4.69) is 54.0 Å². The number of benzene rings is 2. The summed E-state index contributed by atoms with van der Waals surface area (Å²) in [6.45, 7) is 2.19. The molecule has 0 saturated heterocycles. The zero-order valence-electron chi connectivity index (χ0n) is 22.8. The molecule has 0 aromatic heterocycles. The second-order valence-electron chi connectivity index (χ2n) is 12.0. The van der Waals surface area contributed by atoms with E-state index in [1.54, 1.807) is 12.1 Å². The minimum atomic E-state index is -1.17. The van der Waals surface area contributed by atoms with Crippen LogP contribution in [-0.2, 0) is 9.53 Å². The quantitative estimate of drug-likeness (QED) is 0.521. The summed E-state index contributed by atoms with van der Waals surface area (Å²) in [5, 5.41) is 21.3. The molecule has 0 bridgehead atoms. The molecule has 0 spiro atoms. The van der Waals surface area contributed by atoms with Gasteiger partial charge in [-0.15, -0.1) is 0 Å². The normalized spacial score (nSPS) is 31.0. The van der Waals surface area contributed by atoms with Crippen LogP contribution in [0.5, 0.6) is 0 Å². The number of rotatable bonds is 2. The number of aliphatic hydroxyl groups is 1. The first-order valence-electron chi connectivity index (χ1n) is 13.8. The Morgan fingerprint density at radius 3 is 2.46 bits per heavy atom. The number of ketones is 1. The van der Waals surface area contributed by atoms with E-state index >= 15 is 0 Å². The van der Waals surface area contributed by atoms with E-state index in [0.29, 0.717) is 24.8 Å². The Balaban J connectivity index is 1.43. The number of fused-ring (bicyclic) bond motifs is 4. The van der Waals surface area contributed by atoms with E-state index in [9.17, 15) is 9.90 Å². The summed E-state index contributed by atoms with van der Waals surface area (Å²) in [6, 6.07) is 18.0. The van der Waals surface area contributed by atoms with Crippen molar-refractivity contribution < 1.29 is 14.6 Å². The average Bonchev–Trinajstić information content (AvgIpc) is 3.21. The van der Waals surface area contributed by atoms with Crippen molar-refractivity contribution >= 4 is 11.5 Å². The van der Waals surface area contributed by atoms with Gasteiger partial charge in [0.2, 0.25) is 0 Å². The Morgan fingerprint density at radius 2 is 1.77 bits per heavy atom. The summed E-state index contributed by atoms with van der Waals surface area (Å²) < 4.78 is 6.50. The topological polar surface area (TPSA) is 73.6 Å². The van der Waals surface area contributed by atoms with Crippen LogP contribution >= 0.6 is 0 Å². The molecule has 3 fully saturated rings. The van der Waals surface area contributed by atoms with Gasteiger partial charge in [-0.25, -0.2) is 0 Å². The molecule has 4 aliphatic rings. The highest BCUT2D eigenvalue weighted by atomic mass is 16.5. The molecule has 5 heteroatoms.